The Morgan fingerprint density at radius 3 is 2.86 bits per heavy atom. The number of tetrazole rings is 1. The van der Waals surface area contributed by atoms with Crippen LogP contribution in [0.2, 0.25) is 0 Å². The highest BCUT2D eigenvalue weighted by molar-refractivity contribution is 5.65. The summed E-state index contributed by atoms with van der Waals surface area (Å²) in [5.41, 5.74) is 7.89. The molecule has 2 aromatic rings. The molecule has 0 unspecified atom stereocenters. The first-order valence-corrected chi connectivity index (χ1v) is 7.42. The Labute approximate surface area is 123 Å². The van der Waals surface area contributed by atoms with Crippen molar-refractivity contribution < 1.29 is 4.74 Å². The third kappa shape index (κ3) is 2.14. The summed E-state index contributed by atoms with van der Waals surface area (Å²) in [7, 11) is 1.62. The largest absolute Gasteiger partial charge is 0.495 e. The number of aromatic nitrogens is 4. The second-order valence-corrected chi connectivity index (χ2v) is 6.25. The molecule has 0 amide bonds. The Morgan fingerprint density at radius 1 is 1.38 bits per heavy atom. The Bertz CT molecular complexity index is 672. The molecule has 2 N–H and O–H groups in total. The van der Waals surface area contributed by atoms with Crippen LogP contribution < -0.4 is 10.5 Å². The summed E-state index contributed by atoms with van der Waals surface area (Å²) in [6, 6.07) is 5.67. The van der Waals surface area contributed by atoms with E-state index < -0.39 is 0 Å². The average Bonchev–Trinajstić information content (AvgIpc) is 3.38. The van der Waals surface area contributed by atoms with Gasteiger partial charge in [-0.2, -0.15) is 0 Å². The smallest absolute Gasteiger partial charge is 0.182 e. The molecule has 6 heteroatoms. The van der Waals surface area contributed by atoms with E-state index in [9.17, 15) is 0 Å². The number of nitrogen functional groups attached to an aromatic ring is 1. The molecule has 2 aliphatic carbocycles. The van der Waals surface area contributed by atoms with Crippen LogP contribution in [0.4, 0.5) is 5.69 Å². The van der Waals surface area contributed by atoms with Gasteiger partial charge >= 0.3 is 0 Å². The van der Waals surface area contributed by atoms with Gasteiger partial charge in [-0.25, -0.2) is 4.68 Å². The lowest BCUT2D eigenvalue weighted by Crippen LogP contribution is -2.16. The molecule has 6 nitrogen and oxygen atoms in total. The normalized spacial score (nSPS) is 19.5. The number of benzene rings is 1. The Balaban J connectivity index is 1.65. The summed E-state index contributed by atoms with van der Waals surface area (Å²) in [4.78, 5) is 0. The van der Waals surface area contributed by atoms with Crippen LogP contribution in [0.5, 0.6) is 5.75 Å². The SMILES string of the molecule is COc1cc(-c2nnnn2CC2(C3CC3)CC2)ccc1N. The van der Waals surface area contributed by atoms with E-state index in [4.69, 9.17) is 10.5 Å². The van der Waals surface area contributed by atoms with Crippen molar-refractivity contribution in [2.24, 2.45) is 11.3 Å². The first kappa shape index (κ1) is 12.6. The van der Waals surface area contributed by atoms with Crippen molar-refractivity contribution in [2.75, 3.05) is 12.8 Å². The highest BCUT2D eigenvalue weighted by Crippen LogP contribution is 2.62. The van der Waals surface area contributed by atoms with Crippen LogP contribution in [0.15, 0.2) is 18.2 Å². The Morgan fingerprint density at radius 2 is 2.19 bits per heavy atom. The Kier molecular flexibility index (Phi) is 2.67. The number of methoxy groups -OCH3 is 1. The first-order chi connectivity index (χ1) is 10.2. The highest BCUT2D eigenvalue weighted by Gasteiger charge is 2.54. The first-order valence-electron chi connectivity index (χ1n) is 7.42. The van der Waals surface area contributed by atoms with Crippen molar-refractivity contribution in [1.82, 2.24) is 20.2 Å². The van der Waals surface area contributed by atoms with Crippen LogP contribution in [0.25, 0.3) is 11.4 Å². The molecule has 0 saturated heterocycles. The van der Waals surface area contributed by atoms with Crippen LogP contribution >= 0.6 is 0 Å². The predicted molar refractivity (Wildman–Crippen MR) is 78.6 cm³/mol. The van der Waals surface area contributed by atoms with Crippen molar-refractivity contribution in [3.8, 4) is 17.1 Å². The lowest BCUT2D eigenvalue weighted by molar-refractivity contribution is 0.348. The number of hydrogen-bond donors (Lipinski definition) is 1. The molecule has 0 radical (unpaired) electrons. The van der Waals surface area contributed by atoms with Crippen molar-refractivity contribution in [3.05, 3.63) is 18.2 Å². The van der Waals surface area contributed by atoms with Crippen LogP contribution in [0.1, 0.15) is 25.7 Å². The second-order valence-electron chi connectivity index (χ2n) is 6.25. The van der Waals surface area contributed by atoms with Gasteiger partial charge in [0, 0.05) is 5.56 Å². The fourth-order valence-corrected chi connectivity index (χ4v) is 3.22. The van der Waals surface area contributed by atoms with E-state index in [1.165, 1.54) is 25.7 Å². The van der Waals surface area contributed by atoms with E-state index in [0.29, 0.717) is 16.9 Å². The summed E-state index contributed by atoms with van der Waals surface area (Å²) in [5.74, 6) is 2.33. The predicted octanol–water partition coefficient (Wildman–Crippen LogP) is 2.12. The van der Waals surface area contributed by atoms with E-state index >= 15 is 0 Å². The monoisotopic (exact) mass is 285 g/mol. The maximum Gasteiger partial charge on any atom is 0.182 e. The van der Waals surface area contributed by atoms with Crippen molar-refractivity contribution in [1.29, 1.82) is 0 Å². The van der Waals surface area contributed by atoms with Crippen molar-refractivity contribution in [2.45, 2.75) is 32.2 Å². The highest BCUT2D eigenvalue weighted by atomic mass is 16.5. The van der Waals surface area contributed by atoms with Gasteiger partial charge in [0.2, 0.25) is 0 Å². The molecule has 1 heterocycles. The summed E-state index contributed by atoms with van der Waals surface area (Å²) in [6.07, 6.45) is 5.35. The molecule has 1 aromatic carbocycles. The van der Waals surface area contributed by atoms with Gasteiger partial charge in [-0.1, -0.05) is 0 Å². The molecule has 2 fully saturated rings. The summed E-state index contributed by atoms with van der Waals surface area (Å²) in [5, 5.41) is 12.2. The van der Waals surface area contributed by atoms with Crippen molar-refractivity contribution >= 4 is 5.69 Å². The van der Waals surface area contributed by atoms with Gasteiger partial charge in [-0.15, -0.1) is 5.10 Å². The van der Waals surface area contributed by atoms with Gasteiger partial charge in [0.05, 0.1) is 19.3 Å². The molecule has 0 atom stereocenters. The standard InChI is InChI=1S/C15H19N5O/c1-21-13-8-10(2-5-12(13)16)14-17-18-19-20(14)9-15(6-7-15)11-3-4-11/h2,5,8,11H,3-4,6-7,9,16H2,1H3. The van der Waals surface area contributed by atoms with Gasteiger partial charge in [0.15, 0.2) is 5.82 Å². The number of rotatable bonds is 5. The zero-order chi connectivity index (χ0) is 14.4. The molecular weight excluding hydrogens is 266 g/mol. The number of anilines is 1. The molecule has 0 aliphatic heterocycles. The van der Waals surface area contributed by atoms with E-state index in [1.807, 2.05) is 22.9 Å². The minimum absolute atomic E-state index is 0.460. The van der Waals surface area contributed by atoms with Crippen LogP contribution in [-0.2, 0) is 6.54 Å². The maximum atomic E-state index is 5.87. The van der Waals surface area contributed by atoms with E-state index in [-0.39, 0.29) is 0 Å². The van der Waals surface area contributed by atoms with Crippen LogP contribution in [0.3, 0.4) is 0 Å². The number of hydrogen-bond acceptors (Lipinski definition) is 5. The topological polar surface area (TPSA) is 78.9 Å². The summed E-state index contributed by atoms with van der Waals surface area (Å²) >= 11 is 0. The second kappa shape index (κ2) is 4.44. The van der Waals surface area contributed by atoms with E-state index in [2.05, 4.69) is 15.5 Å². The van der Waals surface area contributed by atoms with Gasteiger partial charge < -0.3 is 10.5 Å². The number of nitrogens with zero attached hydrogens (tertiary/aromatic N) is 4. The summed E-state index contributed by atoms with van der Waals surface area (Å²) in [6.45, 7) is 0.923. The van der Waals surface area contributed by atoms with Crippen molar-refractivity contribution in [3.63, 3.8) is 0 Å². The molecule has 110 valence electrons. The number of nitrogens with two attached hydrogens (primary N) is 1. The lowest BCUT2D eigenvalue weighted by atomic mass is 10.0. The summed E-state index contributed by atoms with van der Waals surface area (Å²) < 4.78 is 7.22. The fourth-order valence-electron chi connectivity index (χ4n) is 3.22. The molecular formula is C15H19N5O. The van der Waals surface area contributed by atoms with Gasteiger partial charge in [0.1, 0.15) is 5.75 Å². The van der Waals surface area contributed by atoms with Crippen LogP contribution in [-0.4, -0.2) is 27.3 Å². The van der Waals surface area contributed by atoms with Gasteiger partial charge in [0.25, 0.3) is 0 Å². The average molecular weight is 285 g/mol. The molecule has 4 rings (SSSR count). The van der Waals surface area contributed by atoms with E-state index in [0.717, 1.165) is 23.9 Å². The van der Waals surface area contributed by atoms with Gasteiger partial charge in [-0.3, -0.25) is 0 Å². The minimum atomic E-state index is 0.460. The lowest BCUT2D eigenvalue weighted by Gasteiger charge is -2.15. The quantitative estimate of drug-likeness (QED) is 0.851. The zero-order valence-corrected chi connectivity index (χ0v) is 12.1. The molecule has 1 aromatic heterocycles. The minimum Gasteiger partial charge on any atom is -0.495 e. The number of ether oxygens (including phenoxy) is 1. The molecule has 2 aliphatic rings. The molecule has 2 saturated carbocycles. The third-order valence-electron chi connectivity index (χ3n) is 4.82. The zero-order valence-electron chi connectivity index (χ0n) is 12.1. The molecule has 0 bridgehead atoms. The molecule has 21 heavy (non-hydrogen) atoms. The Hall–Kier alpha value is -2.11. The van der Waals surface area contributed by atoms with E-state index in [1.54, 1.807) is 7.11 Å². The third-order valence-corrected chi connectivity index (χ3v) is 4.82. The fraction of sp³-hybridized carbons (Fsp3) is 0.533. The molecule has 0 spiro atoms. The van der Waals surface area contributed by atoms with Crippen LogP contribution in [0, 0.1) is 11.3 Å². The van der Waals surface area contributed by atoms with Gasteiger partial charge in [-0.05, 0) is 65.6 Å². The maximum absolute atomic E-state index is 5.87.